The van der Waals surface area contributed by atoms with Crippen LogP contribution in [-0.4, -0.2) is 93.6 Å². The highest BCUT2D eigenvalue weighted by Crippen LogP contribution is 2.38. The third-order valence-electron chi connectivity index (χ3n) is 5.66. The van der Waals surface area contributed by atoms with E-state index in [0.29, 0.717) is 85.0 Å². The molecule has 0 radical (unpaired) electrons. The third kappa shape index (κ3) is 8.81. The van der Waals surface area contributed by atoms with E-state index in [-0.39, 0.29) is 6.61 Å². The van der Waals surface area contributed by atoms with Crippen LogP contribution in [0.15, 0.2) is 30.5 Å². The molecule has 10 nitrogen and oxygen atoms in total. The highest BCUT2D eigenvalue weighted by atomic mass is 35.5. The molecule has 3 aromatic rings. The third-order valence-corrected chi connectivity index (χ3v) is 5.97. The van der Waals surface area contributed by atoms with Gasteiger partial charge < -0.3 is 38.7 Å². The Hall–Kier alpha value is -2.89. The van der Waals surface area contributed by atoms with Gasteiger partial charge in [-0.2, -0.15) is 4.98 Å². The number of likely N-dealkylation sites (N-methyl/N-ethyl adjacent to an activating group) is 1. The number of ether oxygens (including phenoxy) is 5. The quantitative estimate of drug-likeness (QED) is 0.206. The first kappa shape index (κ1) is 30.6. The number of fused-ring (bicyclic) bond motifs is 1. The molecule has 0 spiro atoms. The second-order valence-corrected chi connectivity index (χ2v) is 10.2. The molecular formula is C28H38ClN3O7. The second kappa shape index (κ2) is 14.5. The molecule has 0 aliphatic rings. The van der Waals surface area contributed by atoms with E-state index in [1.54, 1.807) is 19.4 Å². The van der Waals surface area contributed by atoms with Crippen molar-refractivity contribution in [2.75, 3.05) is 71.9 Å². The first-order valence-corrected chi connectivity index (χ1v) is 13.2. The summed E-state index contributed by atoms with van der Waals surface area (Å²) in [4.78, 5) is 22.5. The number of aliphatic hydroxyl groups is 1. The number of methoxy groups -OCH3 is 1. The van der Waals surface area contributed by atoms with Crippen LogP contribution < -0.4 is 9.64 Å². The van der Waals surface area contributed by atoms with E-state index in [4.69, 9.17) is 40.4 Å². The summed E-state index contributed by atoms with van der Waals surface area (Å²) in [6.07, 6.45) is 1.63. The number of aromatic amines is 1. The highest BCUT2D eigenvalue weighted by molar-refractivity contribution is 6.34. The van der Waals surface area contributed by atoms with Crippen molar-refractivity contribution in [2.45, 2.75) is 26.4 Å². The molecule has 0 aliphatic carbocycles. The highest BCUT2D eigenvalue weighted by Gasteiger charge is 2.22. The van der Waals surface area contributed by atoms with Gasteiger partial charge in [-0.3, -0.25) is 0 Å². The number of aromatic nitrogens is 2. The smallest absolute Gasteiger partial charge is 0.340 e. The molecule has 0 aliphatic heterocycles. The zero-order valence-electron chi connectivity index (χ0n) is 23.2. The minimum atomic E-state index is -0.611. The van der Waals surface area contributed by atoms with Crippen LogP contribution in [0.3, 0.4) is 0 Å². The fourth-order valence-electron chi connectivity index (χ4n) is 3.78. The fourth-order valence-corrected chi connectivity index (χ4v) is 4.04. The molecule has 0 amide bonds. The Bertz CT molecular complexity index is 1230. The van der Waals surface area contributed by atoms with Gasteiger partial charge in [0, 0.05) is 41.8 Å². The topological polar surface area (TPSA) is 115 Å². The maximum Gasteiger partial charge on any atom is 0.340 e. The molecule has 0 bridgehead atoms. The van der Waals surface area contributed by atoms with Crippen molar-refractivity contribution in [3.05, 3.63) is 41.0 Å². The van der Waals surface area contributed by atoms with Crippen molar-refractivity contribution in [1.29, 1.82) is 0 Å². The molecule has 3 rings (SSSR count). The summed E-state index contributed by atoms with van der Waals surface area (Å²) in [5, 5.41) is 9.86. The Kier molecular flexibility index (Phi) is 11.4. The summed E-state index contributed by atoms with van der Waals surface area (Å²) in [5.74, 6) is 0.711. The lowest BCUT2D eigenvalue weighted by atomic mass is 10.0. The number of H-pyrrole nitrogens is 1. The summed E-state index contributed by atoms with van der Waals surface area (Å²) in [7, 11) is 3.48. The summed E-state index contributed by atoms with van der Waals surface area (Å²) >= 11 is 6.64. The lowest BCUT2D eigenvalue weighted by Gasteiger charge is -2.20. The van der Waals surface area contributed by atoms with Gasteiger partial charge in [-0.25, -0.2) is 4.79 Å². The minimum Gasteiger partial charge on any atom is -0.480 e. The molecule has 2 heterocycles. The molecule has 2 N–H and O–H groups in total. The van der Waals surface area contributed by atoms with Gasteiger partial charge in [0.15, 0.2) is 0 Å². The Morgan fingerprint density at radius 2 is 1.69 bits per heavy atom. The zero-order valence-corrected chi connectivity index (χ0v) is 24.0. The number of hydrogen-bond donors (Lipinski definition) is 2. The molecule has 1 aromatic carbocycles. The number of esters is 1. The minimum absolute atomic E-state index is 0.00780. The van der Waals surface area contributed by atoms with Crippen LogP contribution >= 0.6 is 11.6 Å². The Balaban J connectivity index is 1.66. The molecule has 0 saturated carbocycles. The van der Waals surface area contributed by atoms with Crippen LogP contribution in [0.25, 0.3) is 22.0 Å². The van der Waals surface area contributed by atoms with Gasteiger partial charge in [-0.05, 0) is 45.0 Å². The average Bonchev–Trinajstić information content (AvgIpc) is 3.30. The first-order chi connectivity index (χ1) is 18.6. The number of rotatable bonds is 15. The molecule has 2 aromatic heterocycles. The predicted octanol–water partition coefficient (Wildman–Crippen LogP) is 4.33. The van der Waals surface area contributed by atoms with Gasteiger partial charge in [0.1, 0.15) is 11.4 Å². The normalized spacial score (nSPS) is 11.7. The predicted molar refractivity (Wildman–Crippen MR) is 151 cm³/mol. The van der Waals surface area contributed by atoms with Gasteiger partial charge in [-0.15, -0.1) is 0 Å². The van der Waals surface area contributed by atoms with E-state index in [1.165, 1.54) is 0 Å². The number of nitrogens with one attached hydrogen (secondary N) is 1. The summed E-state index contributed by atoms with van der Waals surface area (Å²) < 4.78 is 27.4. The Labute approximate surface area is 234 Å². The van der Waals surface area contributed by atoms with Gasteiger partial charge in [0.05, 0.1) is 63.9 Å². The summed E-state index contributed by atoms with van der Waals surface area (Å²) in [6.45, 7) is 8.77. The molecule has 0 unspecified atom stereocenters. The van der Waals surface area contributed by atoms with Crippen LogP contribution in [0.1, 0.15) is 31.1 Å². The number of anilines is 1. The maximum atomic E-state index is 12.8. The number of nitrogens with zero attached hydrogens (tertiary/aromatic N) is 2. The largest absolute Gasteiger partial charge is 0.480 e. The zero-order chi connectivity index (χ0) is 28.4. The van der Waals surface area contributed by atoms with Crippen molar-refractivity contribution >= 4 is 34.3 Å². The Morgan fingerprint density at radius 1 is 1.03 bits per heavy atom. The van der Waals surface area contributed by atoms with Crippen molar-refractivity contribution in [3.8, 4) is 17.0 Å². The van der Waals surface area contributed by atoms with Crippen LogP contribution in [0, 0.1) is 0 Å². The van der Waals surface area contributed by atoms with Crippen molar-refractivity contribution in [1.82, 2.24) is 9.97 Å². The van der Waals surface area contributed by atoms with Crippen LogP contribution in [0.4, 0.5) is 5.82 Å². The maximum absolute atomic E-state index is 12.8. The van der Waals surface area contributed by atoms with Crippen molar-refractivity contribution in [2.24, 2.45) is 0 Å². The summed E-state index contributed by atoms with van der Waals surface area (Å²) in [6, 6.07) is 7.42. The van der Waals surface area contributed by atoms with Crippen LogP contribution in [0.5, 0.6) is 5.88 Å². The molecule has 0 saturated heterocycles. The second-order valence-electron chi connectivity index (χ2n) is 9.79. The van der Waals surface area contributed by atoms with Gasteiger partial charge >= 0.3 is 5.97 Å². The molecule has 214 valence electrons. The average molecular weight is 564 g/mol. The van der Waals surface area contributed by atoms with Crippen molar-refractivity contribution < 1.29 is 33.6 Å². The molecule has 39 heavy (non-hydrogen) atoms. The number of pyridine rings is 1. The molecular weight excluding hydrogens is 526 g/mol. The Morgan fingerprint density at radius 3 is 2.33 bits per heavy atom. The van der Waals surface area contributed by atoms with Gasteiger partial charge in [0.25, 0.3) is 0 Å². The monoisotopic (exact) mass is 563 g/mol. The SMILES string of the molecule is COc1nc(N(C)CCOCCOCCOCCO)ccc1-c1cc2c(C(=O)OC(C)(C)C)c[nH]c2cc1Cl. The molecule has 11 heteroatoms. The van der Waals surface area contributed by atoms with E-state index in [0.717, 1.165) is 5.52 Å². The van der Waals surface area contributed by atoms with Gasteiger partial charge in [0.2, 0.25) is 5.88 Å². The molecule has 0 fully saturated rings. The number of carbonyl (C=O) groups excluding carboxylic acids is 1. The summed E-state index contributed by atoms with van der Waals surface area (Å²) in [5.41, 5.74) is 1.95. The van der Waals surface area contributed by atoms with Crippen LogP contribution in [-0.2, 0) is 18.9 Å². The number of carbonyl (C=O) groups is 1. The van der Waals surface area contributed by atoms with E-state index in [2.05, 4.69) is 9.97 Å². The lowest BCUT2D eigenvalue weighted by Crippen LogP contribution is -2.24. The first-order valence-electron chi connectivity index (χ1n) is 12.8. The van der Waals surface area contributed by atoms with Gasteiger partial charge in [-0.1, -0.05) is 11.6 Å². The van der Waals surface area contributed by atoms with E-state index in [1.807, 2.05) is 50.9 Å². The fraction of sp³-hybridized carbons (Fsp3) is 0.500. The van der Waals surface area contributed by atoms with E-state index >= 15 is 0 Å². The number of aliphatic hydroxyl groups excluding tert-OH is 1. The standard InChI is InChI=1S/C28H38ClN3O7/c1-28(2,3)39-27(34)22-18-30-24-17-23(29)20(16-21(22)24)19-6-7-25(31-26(19)35-5)32(4)8-10-36-12-14-38-15-13-37-11-9-33/h6-7,16-18,30,33H,8-15H2,1-5H3. The van der Waals surface area contributed by atoms with E-state index < -0.39 is 11.6 Å². The number of hydrogen-bond acceptors (Lipinski definition) is 9. The van der Waals surface area contributed by atoms with Crippen molar-refractivity contribution in [3.63, 3.8) is 0 Å². The number of halogens is 1. The lowest BCUT2D eigenvalue weighted by molar-refractivity contribution is 0.00718. The molecule has 0 atom stereocenters. The number of benzene rings is 1. The van der Waals surface area contributed by atoms with E-state index in [9.17, 15) is 4.79 Å². The van der Waals surface area contributed by atoms with Crippen LogP contribution in [0.2, 0.25) is 5.02 Å².